The van der Waals surface area contributed by atoms with Gasteiger partial charge in [0, 0.05) is 32.0 Å². The van der Waals surface area contributed by atoms with E-state index in [0.29, 0.717) is 13.0 Å². The number of carbonyl (C=O) groups excluding carboxylic acids is 4. The molecule has 3 heterocycles. The van der Waals surface area contributed by atoms with Crippen molar-refractivity contribution in [2.45, 2.75) is 24.9 Å². The fourth-order valence-electron chi connectivity index (χ4n) is 3.53. The number of piperazine rings is 1. The molecule has 0 aromatic carbocycles. The molecule has 2 atom stereocenters. The van der Waals surface area contributed by atoms with Crippen LogP contribution in [0.3, 0.4) is 0 Å². The highest BCUT2D eigenvalue weighted by atomic mass is 32.2. The van der Waals surface area contributed by atoms with Crippen LogP contribution < -0.4 is 10.6 Å². The number of thioether (sulfide) groups is 1. The summed E-state index contributed by atoms with van der Waals surface area (Å²) in [5, 5.41) is 14.1. The molecule has 2 aliphatic heterocycles. The topological polar surface area (TPSA) is 162 Å². The Kier molecular flexibility index (Phi) is 7.98. The molecule has 2 aliphatic rings. The van der Waals surface area contributed by atoms with Crippen LogP contribution in [0, 0.1) is 0 Å². The second kappa shape index (κ2) is 10.9. The first-order chi connectivity index (χ1) is 15.4. The Hall–Kier alpha value is -3.22. The van der Waals surface area contributed by atoms with Gasteiger partial charge in [0.2, 0.25) is 17.7 Å². The molecule has 1 aromatic rings. The molecule has 12 nitrogen and oxygen atoms in total. The predicted octanol–water partition coefficient (Wildman–Crippen LogP) is -1.66. The van der Waals surface area contributed by atoms with Crippen LogP contribution in [0.25, 0.3) is 0 Å². The van der Waals surface area contributed by atoms with Gasteiger partial charge in [0.15, 0.2) is 0 Å². The van der Waals surface area contributed by atoms with Crippen molar-refractivity contribution in [3.8, 4) is 0 Å². The first-order valence-corrected chi connectivity index (χ1v) is 11.2. The standard InChI is InChI=1S/C19H24N6O6S/c26-15(10-32-11-16(27)28)24-6-7-25(19(31)13-8-20-4-5-21-13)14(9-24)18(30)23-12-2-1-3-22-17(12)29/h4-5,8,12,14H,1-3,6-7,9-11H2,(H,22,29)(H,23,30)(H,27,28)/t12-,14+/m1/s1. The van der Waals surface area contributed by atoms with Gasteiger partial charge < -0.3 is 25.5 Å². The van der Waals surface area contributed by atoms with Crippen molar-refractivity contribution in [3.63, 3.8) is 0 Å². The largest absolute Gasteiger partial charge is 0.481 e. The Morgan fingerprint density at radius 2 is 2.03 bits per heavy atom. The number of amides is 4. The van der Waals surface area contributed by atoms with E-state index >= 15 is 0 Å². The molecular formula is C19H24N6O6S. The van der Waals surface area contributed by atoms with Crippen LogP contribution in [0.15, 0.2) is 18.6 Å². The van der Waals surface area contributed by atoms with E-state index in [1.54, 1.807) is 0 Å². The SMILES string of the molecule is O=C(O)CSCC(=O)N1CCN(C(=O)c2cnccn2)[C@H](C(=O)N[C@@H]2CCCNC2=O)C1. The maximum atomic E-state index is 13.1. The van der Waals surface area contributed by atoms with Crippen LogP contribution in [0.4, 0.5) is 0 Å². The third kappa shape index (κ3) is 5.93. The quantitative estimate of drug-likeness (QED) is 0.429. The third-order valence-electron chi connectivity index (χ3n) is 5.13. The van der Waals surface area contributed by atoms with E-state index < -0.39 is 29.9 Å². The summed E-state index contributed by atoms with van der Waals surface area (Å²) in [4.78, 5) is 72.0. The Bertz CT molecular complexity index is 884. The van der Waals surface area contributed by atoms with E-state index in [9.17, 15) is 24.0 Å². The van der Waals surface area contributed by atoms with Gasteiger partial charge >= 0.3 is 5.97 Å². The number of carboxylic acid groups (broad SMARTS) is 1. The monoisotopic (exact) mass is 464 g/mol. The molecule has 0 spiro atoms. The summed E-state index contributed by atoms with van der Waals surface area (Å²) in [6.45, 7) is 0.743. The number of piperidine rings is 1. The molecule has 2 saturated heterocycles. The number of aromatic nitrogens is 2. The van der Waals surface area contributed by atoms with Gasteiger partial charge in [0.1, 0.15) is 17.8 Å². The van der Waals surface area contributed by atoms with Crippen LogP contribution in [0.5, 0.6) is 0 Å². The Labute approximate surface area is 188 Å². The highest BCUT2D eigenvalue weighted by Crippen LogP contribution is 2.16. The zero-order valence-electron chi connectivity index (χ0n) is 17.2. The summed E-state index contributed by atoms with van der Waals surface area (Å²) >= 11 is 0.962. The second-order valence-corrected chi connectivity index (χ2v) is 8.31. The van der Waals surface area contributed by atoms with Crippen molar-refractivity contribution >= 4 is 41.4 Å². The van der Waals surface area contributed by atoms with Crippen molar-refractivity contribution < 1.29 is 29.1 Å². The molecule has 32 heavy (non-hydrogen) atoms. The summed E-state index contributed by atoms with van der Waals surface area (Å²) in [6, 6.07) is -1.73. The molecule has 13 heteroatoms. The lowest BCUT2D eigenvalue weighted by molar-refractivity contribution is -0.137. The van der Waals surface area contributed by atoms with E-state index in [-0.39, 0.29) is 48.6 Å². The number of carboxylic acids is 1. The van der Waals surface area contributed by atoms with Crippen molar-refractivity contribution in [3.05, 3.63) is 24.3 Å². The molecule has 4 amide bonds. The number of carbonyl (C=O) groups is 5. The fourth-order valence-corrected chi connectivity index (χ4v) is 4.16. The normalized spacial score (nSPS) is 20.9. The Morgan fingerprint density at radius 1 is 1.22 bits per heavy atom. The summed E-state index contributed by atoms with van der Waals surface area (Å²) in [5.41, 5.74) is 0.0671. The van der Waals surface area contributed by atoms with Gasteiger partial charge in [-0.3, -0.25) is 29.0 Å². The average Bonchev–Trinajstić information content (AvgIpc) is 2.80. The van der Waals surface area contributed by atoms with Crippen molar-refractivity contribution in [1.29, 1.82) is 0 Å². The van der Waals surface area contributed by atoms with Gasteiger partial charge in [-0.15, -0.1) is 11.8 Å². The molecule has 0 saturated carbocycles. The van der Waals surface area contributed by atoms with E-state index in [1.165, 1.54) is 28.4 Å². The molecule has 172 valence electrons. The van der Waals surface area contributed by atoms with Crippen molar-refractivity contribution in [2.24, 2.45) is 0 Å². The molecule has 3 N–H and O–H groups in total. The molecule has 3 rings (SSSR count). The van der Waals surface area contributed by atoms with Gasteiger partial charge in [-0.1, -0.05) is 0 Å². The maximum absolute atomic E-state index is 13.1. The van der Waals surface area contributed by atoms with Crippen LogP contribution in [-0.4, -0.2) is 104 Å². The first kappa shape index (κ1) is 23.4. The third-order valence-corrected chi connectivity index (χ3v) is 6.03. The lowest BCUT2D eigenvalue weighted by Crippen LogP contribution is -2.63. The minimum Gasteiger partial charge on any atom is -0.481 e. The van der Waals surface area contributed by atoms with E-state index in [2.05, 4.69) is 20.6 Å². The Morgan fingerprint density at radius 3 is 2.72 bits per heavy atom. The number of aliphatic carboxylic acids is 1. The fraction of sp³-hybridized carbons (Fsp3) is 0.526. The molecule has 0 unspecified atom stereocenters. The number of hydrogen-bond donors (Lipinski definition) is 3. The second-order valence-electron chi connectivity index (χ2n) is 7.33. The summed E-state index contributed by atoms with van der Waals surface area (Å²) in [6.07, 6.45) is 5.29. The minimum absolute atomic E-state index is 0.0518. The van der Waals surface area contributed by atoms with Crippen molar-refractivity contribution in [2.75, 3.05) is 37.7 Å². The lowest BCUT2D eigenvalue weighted by Gasteiger charge is -2.41. The highest BCUT2D eigenvalue weighted by Gasteiger charge is 2.39. The number of rotatable bonds is 7. The van der Waals surface area contributed by atoms with Gasteiger partial charge in [0.05, 0.1) is 24.2 Å². The number of hydrogen-bond acceptors (Lipinski definition) is 8. The number of nitrogens with one attached hydrogen (secondary N) is 2. The molecule has 0 bridgehead atoms. The van der Waals surface area contributed by atoms with Gasteiger partial charge in [-0.25, -0.2) is 4.98 Å². The molecular weight excluding hydrogens is 440 g/mol. The van der Waals surface area contributed by atoms with Crippen LogP contribution in [-0.2, 0) is 19.2 Å². The highest BCUT2D eigenvalue weighted by molar-refractivity contribution is 8.00. The molecule has 1 aromatic heterocycles. The maximum Gasteiger partial charge on any atom is 0.313 e. The van der Waals surface area contributed by atoms with Crippen LogP contribution in [0.1, 0.15) is 23.3 Å². The predicted molar refractivity (Wildman–Crippen MR) is 113 cm³/mol. The van der Waals surface area contributed by atoms with Crippen LogP contribution in [0.2, 0.25) is 0 Å². The summed E-state index contributed by atoms with van der Waals surface area (Å²) in [5.74, 6) is -2.94. The van der Waals surface area contributed by atoms with Gasteiger partial charge in [0.25, 0.3) is 5.91 Å². The smallest absolute Gasteiger partial charge is 0.313 e. The molecule has 2 fully saturated rings. The summed E-state index contributed by atoms with van der Waals surface area (Å²) in [7, 11) is 0. The first-order valence-electron chi connectivity index (χ1n) is 10.1. The van der Waals surface area contributed by atoms with E-state index in [1.807, 2.05) is 0 Å². The van der Waals surface area contributed by atoms with Gasteiger partial charge in [-0.05, 0) is 12.8 Å². The van der Waals surface area contributed by atoms with E-state index in [0.717, 1.165) is 18.2 Å². The van der Waals surface area contributed by atoms with Gasteiger partial charge in [-0.2, -0.15) is 0 Å². The zero-order valence-corrected chi connectivity index (χ0v) is 18.0. The Balaban J connectivity index is 1.73. The van der Waals surface area contributed by atoms with Crippen LogP contribution >= 0.6 is 11.8 Å². The lowest BCUT2D eigenvalue weighted by atomic mass is 10.0. The zero-order chi connectivity index (χ0) is 23.1. The minimum atomic E-state index is -1.03. The van der Waals surface area contributed by atoms with E-state index in [4.69, 9.17) is 5.11 Å². The molecule has 0 aliphatic carbocycles. The average molecular weight is 465 g/mol. The summed E-state index contributed by atoms with van der Waals surface area (Å²) < 4.78 is 0. The van der Waals surface area contributed by atoms with Crippen molar-refractivity contribution in [1.82, 2.24) is 30.4 Å². The number of nitrogens with zero attached hydrogens (tertiary/aromatic N) is 4. The molecule has 0 radical (unpaired) electrons.